The molecule has 0 fully saturated rings. The molecule has 1 unspecified atom stereocenters. The number of nitrogens with zero attached hydrogens (tertiary/aromatic N) is 1. The van der Waals surface area contributed by atoms with Gasteiger partial charge in [-0.1, -0.05) is 18.2 Å². The molecule has 0 aliphatic carbocycles. The molecule has 1 aromatic carbocycles. The molecule has 90 valence electrons. The second-order valence-corrected chi connectivity index (χ2v) is 4.56. The molecular weight excluding hydrogens is 234 g/mol. The highest BCUT2D eigenvalue weighted by Crippen LogP contribution is 2.25. The summed E-state index contributed by atoms with van der Waals surface area (Å²) in [6.45, 7) is 0. The molecule has 1 aromatic heterocycles. The highest BCUT2D eigenvalue weighted by molar-refractivity contribution is 7.09. The molecule has 3 N–H and O–H groups in total. The zero-order chi connectivity index (χ0) is 12.1. The van der Waals surface area contributed by atoms with Gasteiger partial charge in [-0.05, 0) is 18.1 Å². The molecule has 0 radical (unpaired) electrons. The predicted octanol–water partition coefficient (Wildman–Crippen LogP) is 1.90. The number of rotatable bonds is 5. The summed E-state index contributed by atoms with van der Waals surface area (Å²) in [5, 5.41) is 0. The van der Waals surface area contributed by atoms with Crippen LogP contribution in [-0.2, 0) is 6.42 Å². The van der Waals surface area contributed by atoms with Crippen LogP contribution in [0.2, 0.25) is 0 Å². The number of ether oxygens (including phenoxy) is 1. The summed E-state index contributed by atoms with van der Waals surface area (Å²) >= 11 is 1.59. The minimum Gasteiger partial charge on any atom is -0.496 e. The minimum atomic E-state index is 0.0683. The second-order valence-electron chi connectivity index (χ2n) is 3.64. The molecule has 1 atom stereocenters. The Morgan fingerprint density at radius 3 is 2.94 bits per heavy atom. The number of methoxy groups -OCH3 is 1. The van der Waals surface area contributed by atoms with E-state index in [1.807, 2.05) is 36.0 Å². The van der Waals surface area contributed by atoms with Crippen molar-refractivity contribution in [2.24, 2.45) is 5.84 Å². The molecule has 4 nitrogen and oxygen atoms in total. The molecule has 17 heavy (non-hydrogen) atoms. The molecule has 0 bridgehead atoms. The summed E-state index contributed by atoms with van der Waals surface area (Å²) in [7, 11) is 1.68. The van der Waals surface area contributed by atoms with E-state index in [-0.39, 0.29) is 6.04 Å². The first-order chi connectivity index (χ1) is 8.35. The lowest BCUT2D eigenvalue weighted by atomic mass is 10.0. The number of benzene rings is 1. The van der Waals surface area contributed by atoms with Gasteiger partial charge in [0.2, 0.25) is 0 Å². The first-order valence-corrected chi connectivity index (χ1v) is 6.19. The Balaban J connectivity index is 2.18. The zero-order valence-corrected chi connectivity index (χ0v) is 10.4. The molecule has 1 heterocycles. The van der Waals surface area contributed by atoms with Crippen LogP contribution in [0.25, 0.3) is 0 Å². The maximum absolute atomic E-state index is 5.59. The Morgan fingerprint density at radius 1 is 1.47 bits per heavy atom. The van der Waals surface area contributed by atoms with Crippen molar-refractivity contribution in [3.05, 3.63) is 46.4 Å². The van der Waals surface area contributed by atoms with Crippen molar-refractivity contribution in [2.45, 2.75) is 12.5 Å². The van der Waals surface area contributed by atoms with Gasteiger partial charge in [-0.3, -0.25) is 16.3 Å². The van der Waals surface area contributed by atoms with Crippen LogP contribution in [0, 0.1) is 0 Å². The molecule has 5 heteroatoms. The first kappa shape index (κ1) is 12.0. The second kappa shape index (κ2) is 5.77. The van der Waals surface area contributed by atoms with E-state index < -0.39 is 0 Å². The average molecular weight is 249 g/mol. The fraction of sp³-hybridized carbons (Fsp3) is 0.250. The van der Waals surface area contributed by atoms with Gasteiger partial charge in [-0.25, -0.2) is 0 Å². The van der Waals surface area contributed by atoms with Crippen LogP contribution >= 0.6 is 11.3 Å². The van der Waals surface area contributed by atoms with E-state index in [1.54, 1.807) is 18.4 Å². The van der Waals surface area contributed by atoms with Crippen molar-refractivity contribution in [3.63, 3.8) is 0 Å². The Bertz CT molecular complexity index is 459. The Kier molecular flexibility index (Phi) is 4.08. The van der Waals surface area contributed by atoms with Gasteiger partial charge in [0, 0.05) is 11.1 Å². The van der Waals surface area contributed by atoms with E-state index in [2.05, 4.69) is 10.4 Å². The van der Waals surface area contributed by atoms with Crippen LogP contribution in [0.5, 0.6) is 5.75 Å². The van der Waals surface area contributed by atoms with Crippen LogP contribution in [0.4, 0.5) is 0 Å². The van der Waals surface area contributed by atoms with E-state index in [9.17, 15) is 0 Å². The average Bonchev–Trinajstić information content (AvgIpc) is 2.90. The van der Waals surface area contributed by atoms with Crippen molar-refractivity contribution >= 4 is 11.3 Å². The minimum absolute atomic E-state index is 0.0683. The van der Waals surface area contributed by atoms with Crippen molar-refractivity contribution in [1.29, 1.82) is 0 Å². The highest BCUT2D eigenvalue weighted by atomic mass is 32.1. The van der Waals surface area contributed by atoms with Crippen molar-refractivity contribution < 1.29 is 4.74 Å². The Hall–Kier alpha value is -1.43. The lowest BCUT2D eigenvalue weighted by Gasteiger charge is -2.15. The van der Waals surface area contributed by atoms with Crippen molar-refractivity contribution in [1.82, 2.24) is 10.4 Å². The largest absolute Gasteiger partial charge is 0.496 e. The normalized spacial score (nSPS) is 12.4. The fourth-order valence-electron chi connectivity index (χ4n) is 1.73. The number of hydrazine groups is 1. The molecule has 0 aliphatic rings. The summed E-state index contributed by atoms with van der Waals surface area (Å²) in [4.78, 5) is 5.19. The van der Waals surface area contributed by atoms with Crippen LogP contribution < -0.4 is 16.0 Å². The van der Waals surface area contributed by atoms with Gasteiger partial charge in [0.25, 0.3) is 0 Å². The third-order valence-corrected chi connectivity index (χ3v) is 3.50. The fourth-order valence-corrected chi connectivity index (χ4v) is 2.41. The smallest absolute Gasteiger partial charge is 0.122 e. The summed E-state index contributed by atoms with van der Waals surface area (Å²) in [6.07, 6.45) is 2.62. The molecule has 0 amide bonds. The van der Waals surface area contributed by atoms with E-state index in [0.717, 1.165) is 22.6 Å². The van der Waals surface area contributed by atoms with Crippen molar-refractivity contribution in [3.8, 4) is 5.75 Å². The summed E-state index contributed by atoms with van der Waals surface area (Å²) in [6, 6.07) is 8.02. The maximum atomic E-state index is 5.59. The summed E-state index contributed by atoms with van der Waals surface area (Å²) in [5.74, 6) is 6.48. The Labute approximate surface area is 104 Å². The standard InChI is InChI=1S/C12H15N3OS/c1-16-11-5-3-2-4-9(11)6-10(15-13)12-7-14-8-17-12/h2-5,7-8,10,15H,6,13H2,1H3. The lowest BCUT2D eigenvalue weighted by molar-refractivity contribution is 0.406. The number of thiazole rings is 1. The molecule has 2 aromatic rings. The molecule has 2 rings (SSSR count). The van der Waals surface area contributed by atoms with Crippen molar-refractivity contribution in [2.75, 3.05) is 7.11 Å². The van der Waals surface area contributed by atoms with Gasteiger partial charge >= 0.3 is 0 Å². The predicted molar refractivity (Wildman–Crippen MR) is 68.9 cm³/mol. The number of aromatic nitrogens is 1. The monoisotopic (exact) mass is 249 g/mol. The number of hydrogen-bond donors (Lipinski definition) is 2. The van der Waals surface area contributed by atoms with Crippen LogP contribution in [-0.4, -0.2) is 12.1 Å². The molecule has 0 saturated carbocycles. The lowest BCUT2D eigenvalue weighted by Crippen LogP contribution is -2.29. The zero-order valence-electron chi connectivity index (χ0n) is 9.59. The van der Waals surface area contributed by atoms with Gasteiger partial charge in [0.1, 0.15) is 5.75 Å². The number of nitrogens with one attached hydrogen (secondary N) is 1. The van der Waals surface area contributed by atoms with Gasteiger partial charge in [0.15, 0.2) is 0 Å². The van der Waals surface area contributed by atoms with E-state index >= 15 is 0 Å². The maximum Gasteiger partial charge on any atom is 0.122 e. The summed E-state index contributed by atoms with van der Waals surface area (Å²) < 4.78 is 5.33. The van der Waals surface area contributed by atoms with Gasteiger partial charge < -0.3 is 4.74 Å². The van der Waals surface area contributed by atoms with Crippen LogP contribution in [0.1, 0.15) is 16.5 Å². The Morgan fingerprint density at radius 2 is 2.29 bits per heavy atom. The van der Waals surface area contributed by atoms with E-state index in [1.165, 1.54) is 0 Å². The quantitative estimate of drug-likeness (QED) is 0.627. The van der Waals surface area contributed by atoms with E-state index in [0.29, 0.717) is 0 Å². The number of nitrogens with two attached hydrogens (primary N) is 1. The van der Waals surface area contributed by atoms with Crippen LogP contribution in [0.15, 0.2) is 36.0 Å². The first-order valence-electron chi connectivity index (χ1n) is 5.31. The van der Waals surface area contributed by atoms with E-state index in [4.69, 9.17) is 10.6 Å². The molecular formula is C12H15N3OS. The van der Waals surface area contributed by atoms with Crippen LogP contribution in [0.3, 0.4) is 0 Å². The van der Waals surface area contributed by atoms with Gasteiger partial charge in [-0.15, -0.1) is 11.3 Å². The topological polar surface area (TPSA) is 60.2 Å². The summed E-state index contributed by atoms with van der Waals surface area (Å²) in [5.41, 5.74) is 5.76. The SMILES string of the molecule is COc1ccccc1CC(NN)c1cncs1. The number of para-hydroxylation sites is 1. The third-order valence-electron chi connectivity index (χ3n) is 2.61. The van der Waals surface area contributed by atoms with Gasteiger partial charge in [0.05, 0.1) is 18.7 Å². The molecule has 0 saturated heterocycles. The molecule has 0 spiro atoms. The number of hydrogen-bond acceptors (Lipinski definition) is 5. The van der Waals surface area contributed by atoms with Gasteiger partial charge in [-0.2, -0.15) is 0 Å². The highest BCUT2D eigenvalue weighted by Gasteiger charge is 2.14. The molecule has 0 aliphatic heterocycles. The third kappa shape index (κ3) is 2.82.